The number of anilines is 1. The average molecular weight is 343 g/mol. The highest BCUT2D eigenvalue weighted by Gasteiger charge is 2.18. The largest absolute Gasteiger partial charge is 0.478 e. The van der Waals surface area contributed by atoms with Crippen LogP contribution in [0.2, 0.25) is 0 Å². The van der Waals surface area contributed by atoms with Crippen molar-refractivity contribution in [2.45, 2.75) is 13.0 Å². The first-order valence-corrected chi connectivity index (χ1v) is 6.52. The maximum Gasteiger partial charge on any atom is 0.336 e. The van der Waals surface area contributed by atoms with Crippen LogP contribution in [0.5, 0.6) is 0 Å². The van der Waals surface area contributed by atoms with Gasteiger partial charge in [0.05, 0.1) is 21.8 Å². The molecule has 1 aromatic carbocycles. The summed E-state index contributed by atoms with van der Waals surface area (Å²) in [6.45, 7) is 1.81. The molecule has 0 fully saturated rings. The number of carboxylic acids is 1. The summed E-state index contributed by atoms with van der Waals surface area (Å²) in [6.07, 6.45) is 1.55. The summed E-state index contributed by atoms with van der Waals surface area (Å²) in [7, 11) is 1.79. The lowest BCUT2D eigenvalue weighted by atomic mass is 10.2. The molecule has 2 aromatic rings. The van der Waals surface area contributed by atoms with Crippen LogP contribution in [0.15, 0.2) is 22.9 Å². The predicted octanol–water partition coefficient (Wildman–Crippen LogP) is 2.59. The second-order valence-corrected chi connectivity index (χ2v) is 5.05. The Morgan fingerprint density at radius 1 is 1.55 bits per heavy atom. The third-order valence-corrected chi connectivity index (χ3v) is 3.59. The van der Waals surface area contributed by atoms with Crippen LogP contribution in [0.3, 0.4) is 0 Å². The number of hydrogen-bond acceptors (Lipinski definition) is 4. The second kappa shape index (κ2) is 5.58. The van der Waals surface area contributed by atoms with Gasteiger partial charge in [-0.1, -0.05) is 0 Å². The van der Waals surface area contributed by atoms with Crippen molar-refractivity contribution in [2.24, 2.45) is 7.05 Å². The molecule has 0 spiro atoms. The van der Waals surface area contributed by atoms with Gasteiger partial charge < -0.3 is 15.0 Å². The van der Waals surface area contributed by atoms with E-state index in [9.17, 15) is 9.18 Å². The van der Waals surface area contributed by atoms with Crippen molar-refractivity contribution in [1.29, 1.82) is 0 Å². The zero-order chi connectivity index (χ0) is 14.9. The molecule has 2 rings (SSSR count). The molecule has 8 heteroatoms. The highest BCUT2D eigenvalue weighted by molar-refractivity contribution is 9.10. The van der Waals surface area contributed by atoms with Crippen molar-refractivity contribution in [3.05, 3.63) is 40.1 Å². The SMILES string of the molecule is CC(Nc1ccc(C(=O)O)c(Br)c1F)c1nncn1C. The summed E-state index contributed by atoms with van der Waals surface area (Å²) in [4.78, 5) is 10.9. The van der Waals surface area contributed by atoms with Crippen molar-refractivity contribution in [2.75, 3.05) is 5.32 Å². The van der Waals surface area contributed by atoms with Gasteiger partial charge in [-0.15, -0.1) is 10.2 Å². The van der Waals surface area contributed by atoms with E-state index < -0.39 is 11.8 Å². The highest BCUT2D eigenvalue weighted by Crippen LogP contribution is 2.29. The highest BCUT2D eigenvalue weighted by atomic mass is 79.9. The number of hydrogen-bond donors (Lipinski definition) is 2. The van der Waals surface area contributed by atoms with E-state index in [-0.39, 0.29) is 21.8 Å². The number of nitrogens with one attached hydrogen (secondary N) is 1. The molecule has 1 aromatic heterocycles. The molecule has 0 amide bonds. The third kappa shape index (κ3) is 2.64. The molecule has 1 heterocycles. The molecule has 1 atom stereocenters. The number of carboxylic acid groups (broad SMARTS) is 1. The van der Waals surface area contributed by atoms with Crippen LogP contribution in [-0.4, -0.2) is 25.8 Å². The van der Waals surface area contributed by atoms with Crippen molar-refractivity contribution in [1.82, 2.24) is 14.8 Å². The van der Waals surface area contributed by atoms with E-state index in [1.165, 1.54) is 12.1 Å². The molecule has 0 saturated heterocycles. The molecule has 6 nitrogen and oxygen atoms in total. The second-order valence-electron chi connectivity index (χ2n) is 4.26. The number of benzene rings is 1. The molecule has 0 bridgehead atoms. The first-order valence-electron chi connectivity index (χ1n) is 5.73. The fourth-order valence-electron chi connectivity index (χ4n) is 1.81. The molecule has 1 unspecified atom stereocenters. The van der Waals surface area contributed by atoms with E-state index >= 15 is 0 Å². The number of carbonyl (C=O) groups is 1. The van der Waals surface area contributed by atoms with Crippen LogP contribution in [0.1, 0.15) is 29.1 Å². The Labute approximate surface area is 122 Å². The standard InChI is InChI=1S/C12H12BrFN4O2/c1-6(11-17-15-5-18(11)2)16-8-4-3-7(12(19)20)9(13)10(8)14/h3-6,16H,1-2H3,(H,19,20). The summed E-state index contributed by atoms with van der Waals surface area (Å²) < 4.78 is 15.7. The zero-order valence-corrected chi connectivity index (χ0v) is 12.3. The fourth-order valence-corrected chi connectivity index (χ4v) is 2.32. The van der Waals surface area contributed by atoms with Crippen LogP contribution in [-0.2, 0) is 7.05 Å². The van der Waals surface area contributed by atoms with Gasteiger partial charge in [0.25, 0.3) is 0 Å². The fraction of sp³-hybridized carbons (Fsp3) is 0.250. The minimum atomic E-state index is -1.19. The molecule has 0 aliphatic heterocycles. The molecule has 0 radical (unpaired) electrons. The monoisotopic (exact) mass is 342 g/mol. The van der Waals surface area contributed by atoms with Crippen LogP contribution in [0.4, 0.5) is 10.1 Å². The number of rotatable bonds is 4. The van der Waals surface area contributed by atoms with E-state index in [1.807, 2.05) is 6.92 Å². The van der Waals surface area contributed by atoms with Gasteiger partial charge in [-0.05, 0) is 35.0 Å². The van der Waals surface area contributed by atoms with Crippen molar-refractivity contribution >= 4 is 27.6 Å². The van der Waals surface area contributed by atoms with Gasteiger partial charge in [0.1, 0.15) is 6.33 Å². The molecule has 0 aliphatic carbocycles. The molecular formula is C12H12BrFN4O2. The first-order chi connectivity index (χ1) is 9.41. The Bertz CT molecular complexity index is 659. The Kier molecular flexibility index (Phi) is 4.03. The van der Waals surface area contributed by atoms with Crippen LogP contribution >= 0.6 is 15.9 Å². The minimum absolute atomic E-state index is 0.0832. The minimum Gasteiger partial charge on any atom is -0.478 e. The predicted molar refractivity (Wildman–Crippen MR) is 74.1 cm³/mol. The van der Waals surface area contributed by atoms with E-state index in [2.05, 4.69) is 31.4 Å². The van der Waals surface area contributed by atoms with Gasteiger partial charge in [-0.25, -0.2) is 9.18 Å². The average Bonchev–Trinajstić information content (AvgIpc) is 2.81. The van der Waals surface area contributed by atoms with E-state index in [4.69, 9.17) is 5.11 Å². The van der Waals surface area contributed by atoms with E-state index in [0.29, 0.717) is 5.82 Å². The lowest BCUT2D eigenvalue weighted by Crippen LogP contribution is -2.13. The third-order valence-electron chi connectivity index (χ3n) is 2.82. The van der Waals surface area contributed by atoms with E-state index in [0.717, 1.165) is 0 Å². The Hall–Kier alpha value is -1.96. The lowest BCUT2D eigenvalue weighted by Gasteiger charge is -2.16. The normalized spacial score (nSPS) is 12.2. The summed E-state index contributed by atoms with van der Waals surface area (Å²) in [5.41, 5.74) is 0.0664. The van der Waals surface area contributed by atoms with Crippen molar-refractivity contribution < 1.29 is 14.3 Å². The number of aryl methyl sites for hydroxylation is 1. The number of halogens is 2. The summed E-state index contributed by atoms with van der Waals surface area (Å²) >= 11 is 2.96. The van der Waals surface area contributed by atoms with E-state index in [1.54, 1.807) is 17.9 Å². The van der Waals surface area contributed by atoms with Crippen molar-refractivity contribution in [3.63, 3.8) is 0 Å². The Morgan fingerprint density at radius 2 is 2.25 bits per heavy atom. The summed E-state index contributed by atoms with van der Waals surface area (Å²) in [6, 6.07) is 2.44. The number of nitrogens with zero attached hydrogens (tertiary/aromatic N) is 3. The van der Waals surface area contributed by atoms with Crippen LogP contribution in [0.25, 0.3) is 0 Å². The Balaban J connectivity index is 2.29. The summed E-state index contributed by atoms with van der Waals surface area (Å²) in [5.74, 6) is -1.20. The number of aromatic carboxylic acids is 1. The van der Waals surface area contributed by atoms with Gasteiger partial charge in [-0.2, -0.15) is 0 Å². The van der Waals surface area contributed by atoms with Crippen LogP contribution in [0, 0.1) is 5.82 Å². The lowest BCUT2D eigenvalue weighted by molar-refractivity contribution is 0.0695. The van der Waals surface area contributed by atoms with Gasteiger partial charge >= 0.3 is 5.97 Å². The maximum atomic E-state index is 14.1. The van der Waals surface area contributed by atoms with Gasteiger partial charge in [0.2, 0.25) is 0 Å². The maximum absolute atomic E-state index is 14.1. The Morgan fingerprint density at radius 3 is 2.80 bits per heavy atom. The molecule has 106 valence electrons. The topological polar surface area (TPSA) is 80.0 Å². The smallest absolute Gasteiger partial charge is 0.336 e. The number of aromatic nitrogens is 3. The van der Waals surface area contributed by atoms with Crippen LogP contribution < -0.4 is 5.32 Å². The molecule has 2 N–H and O–H groups in total. The summed E-state index contributed by atoms with van der Waals surface area (Å²) in [5, 5.41) is 19.5. The molecule has 0 saturated carbocycles. The zero-order valence-electron chi connectivity index (χ0n) is 10.8. The van der Waals surface area contributed by atoms with Gasteiger partial charge in [0.15, 0.2) is 11.6 Å². The van der Waals surface area contributed by atoms with Gasteiger partial charge in [0, 0.05) is 7.05 Å². The van der Waals surface area contributed by atoms with Gasteiger partial charge in [-0.3, -0.25) is 0 Å². The quantitative estimate of drug-likeness (QED) is 0.892. The molecule has 20 heavy (non-hydrogen) atoms. The molecular weight excluding hydrogens is 331 g/mol. The van der Waals surface area contributed by atoms with Crippen molar-refractivity contribution in [3.8, 4) is 0 Å². The molecule has 0 aliphatic rings. The first kappa shape index (κ1) is 14.4.